The predicted molar refractivity (Wildman–Crippen MR) is 135 cm³/mol. The molecule has 5 nitrogen and oxygen atoms in total. The molecule has 6 heteroatoms. The molecule has 168 valence electrons. The van der Waals surface area contributed by atoms with Crippen LogP contribution in [0.2, 0.25) is 0 Å². The van der Waals surface area contributed by atoms with Crippen LogP contribution in [0.5, 0.6) is 0 Å². The molecule has 1 fully saturated rings. The van der Waals surface area contributed by atoms with Crippen molar-refractivity contribution in [1.82, 2.24) is 4.90 Å². The van der Waals surface area contributed by atoms with Crippen molar-refractivity contribution in [1.29, 1.82) is 5.26 Å². The van der Waals surface area contributed by atoms with Crippen molar-refractivity contribution in [3.8, 4) is 6.07 Å². The van der Waals surface area contributed by atoms with Crippen molar-refractivity contribution in [3.05, 3.63) is 83.4 Å². The zero-order valence-corrected chi connectivity index (χ0v) is 19.9. The van der Waals surface area contributed by atoms with Crippen LogP contribution >= 0.6 is 11.8 Å². The van der Waals surface area contributed by atoms with Gasteiger partial charge in [-0.1, -0.05) is 43.0 Å². The maximum absolute atomic E-state index is 13.2. The molecule has 1 aliphatic rings. The number of rotatable bonds is 6. The van der Waals surface area contributed by atoms with Crippen LogP contribution < -0.4 is 10.2 Å². The number of piperazine rings is 1. The van der Waals surface area contributed by atoms with Gasteiger partial charge in [-0.2, -0.15) is 5.26 Å². The summed E-state index contributed by atoms with van der Waals surface area (Å²) >= 11 is 1.44. The Morgan fingerprint density at radius 3 is 2.39 bits per heavy atom. The highest BCUT2D eigenvalue weighted by molar-refractivity contribution is 7.99. The number of nitriles is 1. The third-order valence-corrected chi connectivity index (χ3v) is 7.15. The first kappa shape index (κ1) is 22.9. The number of anilines is 2. The lowest BCUT2D eigenvalue weighted by molar-refractivity contribution is 0.102. The zero-order valence-electron chi connectivity index (χ0n) is 19.0. The highest BCUT2D eigenvalue weighted by atomic mass is 32.2. The second-order valence-corrected chi connectivity index (χ2v) is 9.16. The summed E-state index contributed by atoms with van der Waals surface area (Å²) in [7, 11) is 0. The highest BCUT2D eigenvalue weighted by Crippen LogP contribution is 2.33. The summed E-state index contributed by atoms with van der Waals surface area (Å²) in [6.45, 7) is 9.54. The van der Waals surface area contributed by atoms with Crippen molar-refractivity contribution < 1.29 is 4.79 Å². The number of carbonyl (C=O) groups excluding carboxylic acids is 1. The molecular weight excluding hydrogens is 428 g/mol. The Labute approximate surface area is 200 Å². The molecule has 33 heavy (non-hydrogen) atoms. The van der Waals surface area contributed by atoms with E-state index in [-0.39, 0.29) is 5.91 Å². The summed E-state index contributed by atoms with van der Waals surface area (Å²) in [6, 6.07) is 23.4. The molecule has 0 unspecified atom stereocenters. The molecule has 4 rings (SSSR count). The molecule has 3 aromatic rings. The Hall–Kier alpha value is -3.27. The van der Waals surface area contributed by atoms with Crippen LogP contribution in [-0.4, -0.2) is 43.5 Å². The van der Waals surface area contributed by atoms with Crippen molar-refractivity contribution in [2.75, 3.05) is 42.9 Å². The number of likely N-dealkylation sites (N-methyl/N-ethyl adjacent to an activating group) is 1. The third kappa shape index (κ3) is 5.39. The van der Waals surface area contributed by atoms with Crippen LogP contribution in [0, 0.1) is 18.3 Å². The summed E-state index contributed by atoms with van der Waals surface area (Å²) in [5, 5.41) is 12.5. The molecule has 0 atom stereocenters. The minimum atomic E-state index is -0.153. The predicted octanol–water partition coefficient (Wildman–Crippen LogP) is 5.41. The van der Waals surface area contributed by atoms with Gasteiger partial charge in [0.2, 0.25) is 0 Å². The molecule has 1 aliphatic heterocycles. The quantitative estimate of drug-likeness (QED) is 0.537. The zero-order chi connectivity index (χ0) is 23.2. The number of aryl methyl sites for hydroxylation is 1. The molecule has 0 saturated carbocycles. The number of hydrogen-bond donors (Lipinski definition) is 1. The number of amides is 1. The standard InChI is InChI=1S/C27H28N4OS/c1-3-30-14-16-31(17-15-30)22-12-13-24(20(2)18-22)29-27(32)23-9-5-7-11-26(23)33-25-10-6-4-8-21(25)19-28/h4-13,18H,3,14-17H2,1-2H3,(H,29,32). The van der Waals surface area contributed by atoms with E-state index in [1.165, 1.54) is 17.4 Å². The molecule has 0 radical (unpaired) electrons. The smallest absolute Gasteiger partial charge is 0.256 e. The monoisotopic (exact) mass is 456 g/mol. The second kappa shape index (κ2) is 10.6. The van der Waals surface area contributed by atoms with Gasteiger partial charge in [-0.05, 0) is 61.5 Å². The van der Waals surface area contributed by atoms with E-state index in [0.717, 1.165) is 53.8 Å². The highest BCUT2D eigenvalue weighted by Gasteiger charge is 2.18. The fourth-order valence-electron chi connectivity index (χ4n) is 4.01. The van der Waals surface area contributed by atoms with Crippen LogP contribution in [-0.2, 0) is 0 Å². The van der Waals surface area contributed by atoms with Crippen LogP contribution in [0.15, 0.2) is 76.5 Å². The minimum Gasteiger partial charge on any atom is -0.369 e. The number of nitrogens with one attached hydrogen (secondary N) is 1. The largest absolute Gasteiger partial charge is 0.369 e. The van der Waals surface area contributed by atoms with Gasteiger partial charge < -0.3 is 15.1 Å². The van der Waals surface area contributed by atoms with E-state index in [1.807, 2.05) is 55.5 Å². The first-order valence-corrected chi connectivity index (χ1v) is 12.1. The van der Waals surface area contributed by atoms with Crippen molar-refractivity contribution in [3.63, 3.8) is 0 Å². The van der Waals surface area contributed by atoms with E-state index in [4.69, 9.17) is 0 Å². The summed E-state index contributed by atoms with van der Waals surface area (Å²) < 4.78 is 0. The number of nitrogens with zero attached hydrogens (tertiary/aromatic N) is 3. The van der Waals surface area contributed by atoms with Crippen LogP contribution in [0.3, 0.4) is 0 Å². The first-order chi connectivity index (χ1) is 16.1. The molecule has 0 spiro atoms. The Morgan fingerprint density at radius 1 is 1.00 bits per heavy atom. The van der Waals surface area contributed by atoms with E-state index in [9.17, 15) is 10.1 Å². The van der Waals surface area contributed by atoms with E-state index >= 15 is 0 Å². The van der Waals surface area contributed by atoms with E-state index in [1.54, 1.807) is 6.07 Å². The van der Waals surface area contributed by atoms with Gasteiger partial charge in [0.25, 0.3) is 5.91 Å². The Morgan fingerprint density at radius 2 is 1.70 bits per heavy atom. The third-order valence-electron chi connectivity index (χ3n) is 6.00. The molecule has 0 aromatic heterocycles. The van der Waals surface area contributed by atoms with Gasteiger partial charge in [0.1, 0.15) is 6.07 Å². The van der Waals surface area contributed by atoms with Crippen molar-refractivity contribution in [2.45, 2.75) is 23.6 Å². The summed E-state index contributed by atoms with van der Waals surface area (Å²) in [5.74, 6) is -0.153. The average molecular weight is 457 g/mol. The lowest BCUT2D eigenvalue weighted by Gasteiger charge is -2.35. The molecule has 3 aromatic carbocycles. The van der Waals surface area contributed by atoms with Crippen LogP contribution in [0.1, 0.15) is 28.4 Å². The molecule has 1 saturated heterocycles. The minimum absolute atomic E-state index is 0.153. The lowest BCUT2D eigenvalue weighted by atomic mass is 10.1. The van der Waals surface area contributed by atoms with Gasteiger partial charge in [0.15, 0.2) is 0 Å². The first-order valence-electron chi connectivity index (χ1n) is 11.2. The number of carbonyl (C=O) groups is 1. The van der Waals surface area contributed by atoms with E-state index in [0.29, 0.717) is 11.1 Å². The fraction of sp³-hybridized carbons (Fsp3) is 0.259. The maximum Gasteiger partial charge on any atom is 0.256 e. The Bertz CT molecular complexity index is 1180. The Balaban J connectivity index is 1.49. The molecule has 0 aliphatic carbocycles. The van der Waals surface area contributed by atoms with E-state index in [2.05, 4.69) is 40.2 Å². The lowest BCUT2D eigenvalue weighted by Crippen LogP contribution is -2.46. The molecule has 1 heterocycles. The topological polar surface area (TPSA) is 59.4 Å². The number of benzene rings is 3. The van der Waals surface area contributed by atoms with Gasteiger partial charge in [-0.3, -0.25) is 4.79 Å². The SMILES string of the molecule is CCN1CCN(c2ccc(NC(=O)c3ccccc3Sc3ccccc3C#N)c(C)c2)CC1. The van der Waals surface area contributed by atoms with Crippen molar-refractivity contribution in [2.24, 2.45) is 0 Å². The summed E-state index contributed by atoms with van der Waals surface area (Å²) in [4.78, 5) is 19.7. The maximum atomic E-state index is 13.2. The normalized spacial score (nSPS) is 14.0. The van der Waals surface area contributed by atoms with Crippen LogP contribution in [0.4, 0.5) is 11.4 Å². The van der Waals surface area contributed by atoms with Crippen LogP contribution in [0.25, 0.3) is 0 Å². The molecule has 0 bridgehead atoms. The molecular formula is C27H28N4OS. The average Bonchev–Trinajstić information content (AvgIpc) is 2.86. The van der Waals surface area contributed by atoms with Gasteiger partial charge in [0.05, 0.1) is 11.1 Å². The van der Waals surface area contributed by atoms with Gasteiger partial charge in [-0.25, -0.2) is 0 Å². The van der Waals surface area contributed by atoms with Crippen molar-refractivity contribution >= 4 is 29.0 Å². The van der Waals surface area contributed by atoms with Gasteiger partial charge in [-0.15, -0.1) is 0 Å². The van der Waals surface area contributed by atoms with E-state index < -0.39 is 0 Å². The summed E-state index contributed by atoms with van der Waals surface area (Å²) in [5.41, 5.74) is 4.25. The molecule has 1 N–H and O–H groups in total. The van der Waals surface area contributed by atoms with Gasteiger partial charge >= 0.3 is 0 Å². The van der Waals surface area contributed by atoms with Gasteiger partial charge in [0, 0.05) is 47.3 Å². The fourth-order valence-corrected chi connectivity index (χ4v) is 5.03. The number of hydrogen-bond acceptors (Lipinski definition) is 5. The second-order valence-electron chi connectivity index (χ2n) is 8.08. The summed E-state index contributed by atoms with van der Waals surface area (Å²) in [6.07, 6.45) is 0. The Kier molecular flexibility index (Phi) is 7.33. The molecule has 1 amide bonds.